The monoisotopic (exact) mass is 2100 g/mol. The average Bonchev–Trinajstić information content (AvgIpc) is 1.76. The number of allylic oxidation sites excluding steroid dienone is 40. The first-order chi connectivity index (χ1) is 71.5. The van der Waals surface area contributed by atoms with Gasteiger partial charge >= 0.3 is 29.8 Å². The highest BCUT2D eigenvalue weighted by molar-refractivity contribution is 6.63. The van der Waals surface area contributed by atoms with Gasteiger partial charge in [0.05, 0.1) is 31.8 Å². The summed E-state index contributed by atoms with van der Waals surface area (Å²) in [6.45, 7) is 26.5. The van der Waals surface area contributed by atoms with Crippen LogP contribution in [0.15, 0.2) is 304 Å². The van der Waals surface area contributed by atoms with Crippen molar-refractivity contribution >= 4 is 69.9 Å². The number of unbranched alkanes of at least 4 members (excludes halogenated alkanes) is 4. The summed E-state index contributed by atoms with van der Waals surface area (Å²) in [7, 11) is 0. The van der Waals surface area contributed by atoms with Gasteiger partial charge < -0.3 is 62.9 Å². The number of nitrogens with zero attached hydrogens (tertiary/aromatic N) is 1. The highest BCUT2D eigenvalue weighted by Crippen LogP contribution is 2.24. The zero-order valence-electron chi connectivity index (χ0n) is 91.6. The first-order valence-corrected chi connectivity index (χ1v) is 55.4. The molecule has 147 heavy (non-hydrogen) atoms. The molecule has 0 aromatic heterocycles. The summed E-state index contributed by atoms with van der Waals surface area (Å²) in [6, 6.07) is 19.9. The van der Waals surface area contributed by atoms with E-state index in [0.717, 1.165) is 197 Å². The van der Waals surface area contributed by atoms with Gasteiger partial charge in [0.2, 0.25) is 5.24 Å². The summed E-state index contributed by atoms with van der Waals surface area (Å²) < 4.78 is 47.9. The number of benzene rings is 2. The maximum atomic E-state index is 12.6. The topological polar surface area (TPSA) is 249 Å². The Labute approximate surface area is 904 Å². The molecule has 2 fully saturated rings. The Balaban J connectivity index is -0.00000183. The molecule has 22 heteroatoms. The van der Waals surface area contributed by atoms with Crippen LogP contribution < -0.4 is 0 Å². The number of aliphatic hydroxyl groups is 3. The number of esters is 5. The number of alkyl halides is 2. The molecule has 0 spiro atoms. The Hall–Kier alpha value is -9.19. The molecule has 3 N–H and O–H groups in total. The Morgan fingerprint density at radius 1 is 0.347 bits per heavy atom. The molecule has 2 aliphatic heterocycles. The van der Waals surface area contributed by atoms with E-state index in [1.807, 2.05) is 88.4 Å². The third-order valence-electron chi connectivity index (χ3n) is 20.9. The molecule has 2 heterocycles. The number of hydrogen-bond acceptors (Lipinski definition) is 19. The number of carbonyl (C=O) groups is 6. The van der Waals surface area contributed by atoms with Gasteiger partial charge in [0.25, 0.3) is 0 Å². The summed E-state index contributed by atoms with van der Waals surface area (Å²) in [5.41, 5.74) is 2.31. The van der Waals surface area contributed by atoms with Crippen molar-refractivity contribution in [1.29, 1.82) is 0 Å². The maximum Gasteiger partial charge on any atom is 0.306 e. The van der Waals surface area contributed by atoms with E-state index in [9.17, 15) is 28.8 Å². The largest absolute Gasteiger partial charge is 0.463 e. The van der Waals surface area contributed by atoms with Gasteiger partial charge in [-0.2, -0.15) is 0 Å². The third-order valence-corrected chi connectivity index (χ3v) is 21.1. The number of rotatable bonds is 74. The maximum absolute atomic E-state index is 12.6. The quantitative estimate of drug-likeness (QED) is 0.0139. The zero-order valence-corrected chi connectivity index (χ0v) is 93.8. The molecule has 0 bridgehead atoms. The second-order valence-electron chi connectivity index (χ2n) is 34.9. The van der Waals surface area contributed by atoms with E-state index in [1.165, 1.54) is 19.6 Å². The van der Waals surface area contributed by atoms with E-state index in [2.05, 4.69) is 296 Å². The minimum absolute atomic E-state index is 0.0451. The summed E-state index contributed by atoms with van der Waals surface area (Å²) in [5, 5.41) is 26.2. The lowest BCUT2D eigenvalue weighted by Crippen LogP contribution is -2.31. The minimum atomic E-state index is -0.986. The number of halogens is 3. The number of aliphatic hydroxyl groups excluding tert-OH is 3. The van der Waals surface area contributed by atoms with Crippen molar-refractivity contribution < 1.29 is 86.7 Å². The number of hydrogen-bond donors (Lipinski definition) is 3. The van der Waals surface area contributed by atoms with Crippen molar-refractivity contribution in [2.75, 3.05) is 77.8 Å². The molecule has 0 amide bonds. The van der Waals surface area contributed by atoms with Gasteiger partial charge in [0.1, 0.15) is 44.7 Å². The molecule has 4 unspecified atom stereocenters. The number of carbonyl (C=O) groups excluding carboxylic acids is 6. The smallest absolute Gasteiger partial charge is 0.306 e. The van der Waals surface area contributed by atoms with Gasteiger partial charge in [0.15, 0.2) is 17.7 Å². The summed E-state index contributed by atoms with van der Waals surface area (Å²) in [4.78, 5) is 73.4. The van der Waals surface area contributed by atoms with Crippen LogP contribution in [0.1, 0.15) is 318 Å². The Bertz CT molecular complexity index is 4090. The minimum Gasteiger partial charge on any atom is -0.463 e. The molecule has 4 rings (SSSR count). The van der Waals surface area contributed by atoms with Crippen molar-refractivity contribution in [3.05, 3.63) is 315 Å². The van der Waals surface area contributed by atoms with Crippen LogP contribution in [0.25, 0.3) is 0 Å². The highest BCUT2D eigenvalue weighted by Gasteiger charge is 2.34. The molecule has 0 radical (unpaired) electrons. The van der Waals surface area contributed by atoms with E-state index in [-0.39, 0.29) is 99.0 Å². The standard InChI is InChI=1S/C43H56O6.C26H40O4.C23H36O4.C20H29ClO.C6H15N.C6H12O3.CH2Cl2/c1-2-3-4-5-6-7-8-9-10-11-12-13-14-15-16-17-24-33-41(44)47-36-40(49-43(46)35-26-32-39-29-22-19-23-30-39)37-48-42(45)34-25-31-38-27-20-18-21-28-38;1-4-5-6-7-8-9-10-11-12-13-14-15-16-17-18-19-20-21-25(27)28-22-24-23-29-26(2,3)30-24;1-2-3-4-5-6-7-8-9-10-11-12-13-14-15-16-17-18-19-23(26)27-21-22(25)20-24;1-2-3-4-5-6-7-8-9-10-11-12-13-14-15-16-17-18-19-20(21)22;1-4-7(5-2)6-3;1-6(2)8-4-5(3-7)9-6;2-1-3/h3-4,6-7,9-10,12-13,15-16,18-23,27-30,40H,2,5,8,11,14,17,24-26,31-37H2,1H3;5-6,8-9,11-12,14-15,17-18,24H,4,7,10,13,16,19-23H2,1-3H3;3-4,6-7,9-10,12-13,15-16,22,24-25H,2,5,8,11,14,17-21H2,1H3;3-4,6-7,9-10,12-13,15-16H,2,5,8,11,14,17-19H2,1H3;4-6H2,1-3H3;5,7H,3-4H2,1-2H3;1H2/b4-3-,7-6-,10-9-,13-12-,16-15-;6-5-,9-8-,12-11-,15-14-,18-17-;2*4-3-,7-6-,10-9-,13-12-,16-15-;;;. The van der Waals surface area contributed by atoms with Gasteiger partial charge in [-0.05, 0) is 276 Å². The molecule has 824 valence electrons. The van der Waals surface area contributed by atoms with Crippen LogP contribution in [0.5, 0.6) is 0 Å². The van der Waals surface area contributed by atoms with Crippen LogP contribution in [-0.4, -0.2) is 169 Å². The number of aryl methyl sites for hydroxylation is 2. The lowest BCUT2D eigenvalue weighted by Gasteiger charge is -2.18. The fourth-order valence-corrected chi connectivity index (χ4v) is 13.0. The lowest BCUT2D eigenvalue weighted by atomic mass is 10.1. The predicted molar refractivity (Wildman–Crippen MR) is 617 cm³/mol. The molecule has 0 saturated carbocycles. The first-order valence-electron chi connectivity index (χ1n) is 53.9. The van der Waals surface area contributed by atoms with Crippen molar-refractivity contribution in [2.24, 2.45) is 0 Å². The molecular weight excluding hydrogens is 1910 g/mol. The normalized spacial score (nSPS) is 15.2. The third kappa shape index (κ3) is 109. The Morgan fingerprint density at radius 3 is 0.830 bits per heavy atom. The summed E-state index contributed by atoms with van der Waals surface area (Å²) >= 11 is 14.8. The van der Waals surface area contributed by atoms with Crippen molar-refractivity contribution in [3.8, 4) is 0 Å². The highest BCUT2D eigenvalue weighted by atomic mass is 35.5. The van der Waals surface area contributed by atoms with Gasteiger partial charge in [-0.15, -0.1) is 23.2 Å². The molecule has 2 aliphatic rings. The number of ether oxygens (including phenoxy) is 9. The van der Waals surface area contributed by atoms with Crippen LogP contribution in [0.3, 0.4) is 0 Å². The van der Waals surface area contributed by atoms with E-state index in [1.54, 1.807) is 0 Å². The van der Waals surface area contributed by atoms with Crippen LogP contribution in [-0.2, 0) is 84.2 Å². The summed E-state index contributed by atoms with van der Waals surface area (Å²) in [6.07, 6.45) is 116. The fourth-order valence-electron chi connectivity index (χ4n) is 12.9. The van der Waals surface area contributed by atoms with Crippen molar-refractivity contribution in [3.63, 3.8) is 0 Å². The molecule has 4 atom stereocenters. The molecule has 2 aromatic rings. The van der Waals surface area contributed by atoms with Crippen molar-refractivity contribution in [2.45, 2.75) is 356 Å². The Kier molecular flexibility index (Phi) is 107. The van der Waals surface area contributed by atoms with Crippen molar-refractivity contribution in [1.82, 2.24) is 4.90 Å². The first kappa shape index (κ1) is 142. The lowest BCUT2D eigenvalue weighted by molar-refractivity contribution is -0.167. The molecule has 19 nitrogen and oxygen atoms in total. The molecule has 2 saturated heterocycles. The second-order valence-corrected chi connectivity index (χ2v) is 36.1. The van der Waals surface area contributed by atoms with E-state index < -0.39 is 36.4 Å². The van der Waals surface area contributed by atoms with Crippen LogP contribution in [0.4, 0.5) is 0 Å². The van der Waals surface area contributed by atoms with E-state index in [0.29, 0.717) is 51.7 Å². The van der Waals surface area contributed by atoms with E-state index >= 15 is 0 Å². The zero-order chi connectivity index (χ0) is 109. The van der Waals surface area contributed by atoms with Gasteiger partial charge in [-0.1, -0.05) is 352 Å². The SMILES string of the molecule is CC/C=C\C/C=C\C/C=C\C/C=C\C/C=C\CCCC(=O)Cl.CC/C=C\C/C=C\C/C=C\C/C=C\C/C=C\CCCC(=O)OCC(COC(=O)CCCc1ccccc1)OC(=O)CCCc1ccccc1.CC/C=C\C/C=C\C/C=C\C/C=C\C/C=C\CCCC(=O)OCC(O)CO.CC/C=C\C/C=C\C/C=C\C/C=C\C/C=C\CCCC(=O)OCC1COC(C)(C)O1.CC1(C)OCC(CO)O1.CCN(CC)CC.ClCCl. The average molecular weight is 2100 g/mol. The van der Waals surface area contributed by atoms with Gasteiger partial charge in [0, 0.05) is 38.5 Å². The van der Waals surface area contributed by atoms with E-state index in [4.69, 9.17) is 92.8 Å². The fraction of sp³-hybridized carbons (Fsp3) is 0.536. The molecular formula is C125H190Cl3NO18. The van der Waals surface area contributed by atoms with Gasteiger partial charge in [-0.3, -0.25) is 28.8 Å². The Morgan fingerprint density at radius 2 is 0.592 bits per heavy atom. The predicted octanol–water partition coefficient (Wildman–Crippen LogP) is 30.9. The van der Waals surface area contributed by atoms with Gasteiger partial charge in [-0.25, -0.2) is 0 Å². The molecule has 2 aromatic carbocycles. The second kappa shape index (κ2) is 111. The summed E-state index contributed by atoms with van der Waals surface area (Å²) in [5.74, 6) is -2.72. The van der Waals surface area contributed by atoms with Crippen LogP contribution >= 0.6 is 34.8 Å². The van der Waals surface area contributed by atoms with Crippen LogP contribution in [0, 0.1) is 0 Å². The molecule has 0 aliphatic carbocycles. The van der Waals surface area contributed by atoms with Crippen LogP contribution in [0.2, 0.25) is 0 Å².